The third kappa shape index (κ3) is 5.77. The van der Waals surface area contributed by atoms with Crippen molar-refractivity contribution in [1.29, 1.82) is 0 Å². The Hall–Kier alpha value is -3.85. The van der Waals surface area contributed by atoms with E-state index in [2.05, 4.69) is 21.0 Å². The van der Waals surface area contributed by atoms with Crippen LogP contribution in [0.3, 0.4) is 0 Å². The molecule has 1 heterocycles. The number of hydrogen-bond donors (Lipinski definition) is 0. The van der Waals surface area contributed by atoms with Gasteiger partial charge in [-0.3, -0.25) is 14.9 Å². The molecular weight excluding hydrogens is 536 g/mol. The van der Waals surface area contributed by atoms with Crippen molar-refractivity contribution < 1.29 is 9.66 Å². The number of non-ortho nitro benzene ring substituents is 1. The van der Waals surface area contributed by atoms with E-state index in [0.717, 1.165) is 47.1 Å². The van der Waals surface area contributed by atoms with E-state index in [1.54, 1.807) is 24.4 Å². The van der Waals surface area contributed by atoms with Crippen LogP contribution in [0, 0.1) is 10.1 Å². The Balaban J connectivity index is 1.36. The summed E-state index contributed by atoms with van der Waals surface area (Å²) in [5.41, 5.74) is 2.22. The Bertz CT molecular complexity index is 1510. The molecule has 1 aromatic heterocycles. The van der Waals surface area contributed by atoms with Crippen LogP contribution in [0.1, 0.15) is 55.0 Å². The SMILES string of the molecule is O=c1c2cc(Br)ccc2nc(C2CCCCC2)n1N=Cc1ccc(OCc2ccc([N+](=O)[O-])cc2)cc1. The van der Waals surface area contributed by atoms with Crippen molar-refractivity contribution in [3.8, 4) is 5.75 Å². The van der Waals surface area contributed by atoms with Crippen LogP contribution >= 0.6 is 15.9 Å². The molecule has 1 fully saturated rings. The molecule has 0 bridgehead atoms. The van der Waals surface area contributed by atoms with Gasteiger partial charge >= 0.3 is 0 Å². The topological polar surface area (TPSA) is 99.6 Å². The van der Waals surface area contributed by atoms with Crippen LogP contribution in [0.2, 0.25) is 0 Å². The lowest BCUT2D eigenvalue weighted by molar-refractivity contribution is -0.384. The first-order valence-electron chi connectivity index (χ1n) is 12.2. The third-order valence-corrected chi connectivity index (χ3v) is 7.05. The minimum atomic E-state index is -0.427. The maximum atomic E-state index is 13.4. The third-order valence-electron chi connectivity index (χ3n) is 6.56. The molecule has 5 rings (SSSR count). The second-order valence-electron chi connectivity index (χ2n) is 9.11. The molecule has 0 saturated heterocycles. The van der Waals surface area contributed by atoms with E-state index in [4.69, 9.17) is 9.72 Å². The second kappa shape index (κ2) is 11.0. The van der Waals surface area contributed by atoms with Crippen LogP contribution < -0.4 is 10.3 Å². The number of hydrogen-bond acceptors (Lipinski definition) is 6. The number of aromatic nitrogens is 2. The molecule has 37 heavy (non-hydrogen) atoms. The van der Waals surface area contributed by atoms with Crippen LogP contribution in [-0.4, -0.2) is 20.8 Å². The molecule has 1 saturated carbocycles. The maximum Gasteiger partial charge on any atom is 0.282 e. The predicted octanol–water partition coefficient (Wildman–Crippen LogP) is 6.58. The largest absolute Gasteiger partial charge is 0.489 e. The molecule has 0 N–H and O–H groups in total. The number of nitrogens with zero attached hydrogens (tertiary/aromatic N) is 4. The smallest absolute Gasteiger partial charge is 0.282 e. The highest BCUT2D eigenvalue weighted by Crippen LogP contribution is 2.32. The normalized spacial score (nSPS) is 14.3. The van der Waals surface area contributed by atoms with E-state index in [1.807, 2.05) is 36.4 Å². The number of nitro groups is 1. The molecule has 1 aliphatic carbocycles. The minimum Gasteiger partial charge on any atom is -0.489 e. The zero-order valence-corrected chi connectivity index (χ0v) is 21.6. The second-order valence-corrected chi connectivity index (χ2v) is 10.0. The van der Waals surface area contributed by atoms with Crippen molar-refractivity contribution in [2.45, 2.75) is 44.6 Å². The summed E-state index contributed by atoms with van der Waals surface area (Å²) in [4.78, 5) is 28.7. The van der Waals surface area contributed by atoms with Gasteiger partial charge in [0, 0.05) is 22.5 Å². The lowest BCUT2D eigenvalue weighted by Crippen LogP contribution is -2.25. The zero-order valence-electron chi connectivity index (χ0n) is 20.0. The van der Waals surface area contributed by atoms with Crippen molar-refractivity contribution in [1.82, 2.24) is 9.66 Å². The summed E-state index contributed by atoms with van der Waals surface area (Å²) in [5.74, 6) is 1.59. The van der Waals surface area contributed by atoms with Crippen molar-refractivity contribution in [3.05, 3.63) is 109 Å². The van der Waals surface area contributed by atoms with Crippen molar-refractivity contribution in [2.75, 3.05) is 0 Å². The van der Waals surface area contributed by atoms with E-state index in [9.17, 15) is 14.9 Å². The summed E-state index contributed by atoms with van der Waals surface area (Å²) in [6.07, 6.45) is 7.14. The van der Waals surface area contributed by atoms with E-state index in [0.29, 0.717) is 23.3 Å². The Morgan fingerprint density at radius 1 is 1.05 bits per heavy atom. The molecule has 8 nitrogen and oxygen atoms in total. The van der Waals surface area contributed by atoms with E-state index >= 15 is 0 Å². The van der Waals surface area contributed by atoms with Gasteiger partial charge in [0.15, 0.2) is 0 Å². The molecule has 0 atom stereocenters. The molecular formula is C28H25BrN4O4. The zero-order chi connectivity index (χ0) is 25.8. The van der Waals surface area contributed by atoms with Gasteiger partial charge in [-0.1, -0.05) is 35.2 Å². The van der Waals surface area contributed by atoms with E-state index in [1.165, 1.54) is 23.2 Å². The number of fused-ring (bicyclic) bond motifs is 1. The summed E-state index contributed by atoms with van der Waals surface area (Å²) >= 11 is 3.45. The van der Waals surface area contributed by atoms with Crippen LogP contribution in [0.5, 0.6) is 5.75 Å². The first kappa shape index (κ1) is 24.8. The van der Waals surface area contributed by atoms with E-state index in [-0.39, 0.29) is 17.2 Å². The van der Waals surface area contributed by atoms with Crippen LogP contribution in [0.4, 0.5) is 5.69 Å². The Kier molecular flexibility index (Phi) is 7.41. The number of halogens is 1. The quantitative estimate of drug-likeness (QED) is 0.144. The average Bonchev–Trinajstić information content (AvgIpc) is 2.93. The molecule has 3 aromatic carbocycles. The summed E-state index contributed by atoms with van der Waals surface area (Å²) in [7, 11) is 0. The average molecular weight is 561 g/mol. The first-order chi connectivity index (χ1) is 18.0. The van der Waals surface area contributed by atoms with Gasteiger partial charge < -0.3 is 4.74 Å². The number of ether oxygens (including phenoxy) is 1. The highest BCUT2D eigenvalue weighted by molar-refractivity contribution is 9.10. The molecule has 0 spiro atoms. The van der Waals surface area contributed by atoms with Gasteiger partial charge in [-0.15, -0.1) is 0 Å². The van der Waals surface area contributed by atoms with Gasteiger partial charge in [0.05, 0.1) is 22.0 Å². The molecule has 1 aliphatic rings. The van der Waals surface area contributed by atoms with Gasteiger partial charge in [0.2, 0.25) is 0 Å². The maximum absolute atomic E-state index is 13.4. The van der Waals surface area contributed by atoms with Crippen molar-refractivity contribution >= 4 is 38.7 Å². The number of benzene rings is 3. The van der Waals surface area contributed by atoms with Gasteiger partial charge in [-0.05, 0) is 78.6 Å². The van der Waals surface area contributed by atoms with Gasteiger partial charge in [0.25, 0.3) is 11.2 Å². The van der Waals surface area contributed by atoms with Gasteiger partial charge in [-0.2, -0.15) is 9.78 Å². The number of nitro benzene ring substituents is 1. The summed E-state index contributed by atoms with van der Waals surface area (Å²) < 4.78 is 8.09. The summed E-state index contributed by atoms with van der Waals surface area (Å²) in [6.45, 7) is 0.296. The fourth-order valence-corrected chi connectivity index (χ4v) is 4.92. The molecule has 0 amide bonds. The fourth-order valence-electron chi connectivity index (χ4n) is 4.56. The van der Waals surface area contributed by atoms with Gasteiger partial charge in [-0.25, -0.2) is 4.98 Å². The van der Waals surface area contributed by atoms with Gasteiger partial charge in [0.1, 0.15) is 18.2 Å². The molecule has 9 heteroatoms. The molecule has 0 unspecified atom stereocenters. The Morgan fingerprint density at radius 2 is 1.78 bits per heavy atom. The van der Waals surface area contributed by atoms with Crippen molar-refractivity contribution in [2.24, 2.45) is 5.10 Å². The fraction of sp³-hybridized carbons (Fsp3) is 0.250. The highest BCUT2D eigenvalue weighted by atomic mass is 79.9. The molecule has 188 valence electrons. The minimum absolute atomic E-state index is 0.0485. The van der Waals surface area contributed by atoms with E-state index < -0.39 is 4.92 Å². The Labute approximate surface area is 221 Å². The lowest BCUT2D eigenvalue weighted by atomic mass is 9.88. The lowest BCUT2D eigenvalue weighted by Gasteiger charge is -2.22. The number of rotatable bonds is 7. The standard InChI is InChI=1S/C28H25BrN4O4/c29-22-10-15-26-25(16-22)28(34)32(27(31-26)21-4-2-1-3-5-21)30-17-19-8-13-24(14-9-19)37-18-20-6-11-23(12-7-20)33(35)36/h6-17,21H,1-5,18H2. The Morgan fingerprint density at radius 3 is 2.49 bits per heavy atom. The van der Waals surface area contributed by atoms with Crippen LogP contribution in [0.25, 0.3) is 10.9 Å². The summed E-state index contributed by atoms with van der Waals surface area (Å²) in [6, 6.07) is 19.2. The van der Waals surface area contributed by atoms with Crippen LogP contribution in [0.15, 0.2) is 81.1 Å². The molecule has 0 aliphatic heterocycles. The first-order valence-corrected chi connectivity index (χ1v) is 13.0. The molecule has 0 radical (unpaired) electrons. The summed E-state index contributed by atoms with van der Waals surface area (Å²) in [5, 5.41) is 15.9. The molecule has 4 aromatic rings. The van der Waals surface area contributed by atoms with Crippen molar-refractivity contribution in [3.63, 3.8) is 0 Å². The van der Waals surface area contributed by atoms with Crippen LogP contribution in [-0.2, 0) is 6.61 Å². The predicted molar refractivity (Wildman–Crippen MR) is 146 cm³/mol. The monoisotopic (exact) mass is 560 g/mol. The highest BCUT2D eigenvalue weighted by Gasteiger charge is 2.22.